The molecule has 0 spiro atoms. The summed E-state index contributed by atoms with van der Waals surface area (Å²) in [6, 6.07) is 13.6. The van der Waals surface area contributed by atoms with E-state index in [2.05, 4.69) is 4.90 Å². The molecule has 0 radical (unpaired) electrons. The summed E-state index contributed by atoms with van der Waals surface area (Å²) in [5, 5.41) is 0. The molecule has 2 aromatic rings. The molecule has 152 valence electrons. The number of piperidine rings is 1. The van der Waals surface area contributed by atoms with Gasteiger partial charge in [-0.2, -0.15) is 0 Å². The minimum Gasteiger partial charge on any atom is -0.490 e. The zero-order valence-electron chi connectivity index (χ0n) is 16.7. The Morgan fingerprint density at radius 2 is 1.86 bits per heavy atom. The quantitative estimate of drug-likeness (QED) is 0.742. The molecule has 2 aliphatic rings. The van der Waals surface area contributed by atoms with Gasteiger partial charge in [-0.15, -0.1) is 0 Å². The van der Waals surface area contributed by atoms with Crippen LogP contribution in [0.15, 0.2) is 42.5 Å². The van der Waals surface area contributed by atoms with E-state index in [-0.39, 0.29) is 18.3 Å². The number of ether oxygens (including phenoxy) is 2. The van der Waals surface area contributed by atoms with Crippen LogP contribution >= 0.6 is 0 Å². The van der Waals surface area contributed by atoms with Crippen molar-refractivity contribution in [1.82, 2.24) is 4.90 Å². The number of fused-ring (bicyclic) bond motifs is 1. The fourth-order valence-electron chi connectivity index (χ4n) is 3.97. The molecular weight excluding hydrogens is 368 g/mol. The van der Waals surface area contributed by atoms with Crippen LogP contribution in [0.25, 0.3) is 0 Å². The lowest BCUT2D eigenvalue weighted by Crippen LogP contribution is -2.35. The molecule has 0 N–H and O–H groups in total. The van der Waals surface area contributed by atoms with Gasteiger partial charge in [-0.1, -0.05) is 12.1 Å². The predicted octanol–water partition coefficient (Wildman–Crippen LogP) is 3.56. The zero-order chi connectivity index (χ0) is 20.2. The third-order valence-corrected chi connectivity index (χ3v) is 5.51. The fourth-order valence-corrected chi connectivity index (χ4v) is 3.97. The zero-order valence-corrected chi connectivity index (χ0v) is 16.7. The molecule has 6 heteroatoms. The second kappa shape index (κ2) is 8.55. The highest BCUT2D eigenvalue weighted by atomic mass is 16.5. The molecule has 6 nitrogen and oxygen atoms in total. The average molecular weight is 394 g/mol. The van der Waals surface area contributed by atoms with Crippen molar-refractivity contribution in [2.75, 3.05) is 38.3 Å². The third kappa shape index (κ3) is 4.21. The highest BCUT2D eigenvalue weighted by Crippen LogP contribution is 2.37. The first-order chi connectivity index (χ1) is 14.2. The Balaban J connectivity index is 1.58. The minimum atomic E-state index is -0.259. The molecule has 1 fully saturated rings. The van der Waals surface area contributed by atoms with Crippen LogP contribution in [-0.2, 0) is 16.0 Å². The van der Waals surface area contributed by atoms with Crippen LogP contribution in [0, 0.1) is 0 Å². The van der Waals surface area contributed by atoms with Gasteiger partial charge < -0.3 is 19.3 Å². The van der Waals surface area contributed by atoms with E-state index in [0.29, 0.717) is 18.7 Å². The lowest BCUT2D eigenvalue weighted by Gasteiger charge is -2.32. The highest BCUT2D eigenvalue weighted by Gasteiger charge is 2.24. The number of methoxy groups -OCH3 is 1. The van der Waals surface area contributed by atoms with Gasteiger partial charge in [-0.25, -0.2) is 0 Å². The number of benzene rings is 2. The van der Waals surface area contributed by atoms with Crippen LogP contribution in [0.2, 0.25) is 0 Å². The number of hydrogen-bond acceptors (Lipinski definition) is 5. The normalized spacial score (nSPS) is 16.0. The number of esters is 1. The van der Waals surface area contributed by atoms with Crippen LogP contribution in [0.3, 0.4) is 0 Å². The molecule has 2 aromatic carbocycles. The van der Waals surface area contributed by atoms with Crippen LogP contribution in [-0.4, -0.2) is 50.1 Å². The van der Waals surface area contributed by atoms with E-state index in [4.69, 9.17) is 9.47 Å². The Kier molecular flexibility index (Phi) is 5.69. The first-order valence-electron chi connectivity index (χ1n) is 10.1. The number of likely N-dealkylation sites (tertiary alicyclic amines) is 1. The Morgan fingerprint density at radius 1 is 1.03 bits per heavy atom. The summed E-state index contributed by atoms with van der Waals surface area (Å²) in [5.74, 6) is 0.538. The van der Waals surface area contributed by atoms with E-state index in [1.165, 1.54) is 13.5 Å². The second-order valence-electron chi connectivity index (χ2n) is 7.46. The van der Waals surface area contributed by atoms with Gasteiger partial charge in [-0.05, 0) is 55.2 Å². The van der Waals surface area contributed by atoms with Gasteiger partial charge in [0, 0.05) is 24.3 Å². The summed E-state index contributed by atoms with van der Waals surface area (Å²) in [5.41, 5.74) is 3.50. The molecular formula is C23H26N2O4. The van der Waals surface area contributed by atoms with Crippen LogP contribution in [0.1, 0.15) is 35.2 Å². The van der Waals surface area contributed by atoms with Crippen molar-refractivity contribution < 1.29 is 19.1 Å². The van der Waals surface area contributed by atoms with Gasteiger partial charge in [0.25, 0.3) is 5.91 Å². The standard InChI is InChI=1S/C23H26N2O4/c1-28-22(26)15-17-6-5-7-19(14-17)25-12-13-29-21-16-18(8-9-20(21)25)23(27)24-10-3-2-4-11-24/h5-9,14,16H,2-4,10-13,15H2,1H3. The molecule has 2 heterocycles. The smallest absolute Gasteiger partial charge is 0.309 e. The number of amides is 1. The van der Waals surface area contributed by atoms with E-state index in [9.17, 15) is 9.59 Å². The van der Waals surface area contributed by atoms with Crippen molar-refractivity contribution in [2.24, 2.45) is 0 Å². The average Bonchev–Trinajstić information content (AvgIpc) is 2.78. The summed E-state index contributed by atoms with van der Waals surface area (Å²) in [7, 11) is 1.40. The van der Waals surface area contributed by atoms with Gasteiger partial charge in [0.1, 0.15) is 12.4 Å². The molecule has 1 saturated heterocycles. The molecule has 0 aromatic heterocycles. The van der Waals surface area contributed by atoms with Crippen LogP contribution in [0.4, 0.5) is 11.4 Å². The Bertz CT molecular complexity index is 906. The molecule has 2 aliphatic heterocycles. The summed E-state index contributed by atoms with van der Waals surface area (Å²) < 4.78 is 10.7. The van der Waals surface area contributed by atoms with Crippen molar-refractivity contribution in [3.05, 3.63) is 53.6 Å². The van der Waals surface area contributed by atoms with Gasteiger partial charge >= 0.3 is 5.97 Å². The molecule has 0 aliphatic carbocycles. The largest absolute Gasteiger partial charge is 0.490 e. The van der Waals surface area contributed by atoms with Gasteiger partial charge in [0.05, 0.1) is 25.8 Å². The maximum absolute atomic E-state index is 12.8. The molecule has 0 bridgehead atoms. The van der Waals surface area contributed by atoms with E-state index in [0.717, 1.165) is 48.6 Å². The Hall–Kier alpha value is -3.02. The van der Waals surface area contributed by atoms with Crippen molar-refractivity contribution in [1.29, 1.82) is 0 Å². The van der Waals surface area contributed by atoms with E-state index >= 15 is 0 Å². The van der Waals surface area contributed by atoms with Crippen LogP contribution in [0.5, 0.6) is 5.75 Å². The summed E-state index contributed by atoms with van der Waals surface area (Å²) in [4.78, 5) is 28.5. The summed E-state index contributed by atoms with van der Waals surface area (Å²) in [6.07, 6.45) is 3.58. The topological polar surface area (TPSA) is 59.1 Å². The number of hydrogen-bond donors (Lipinski definition) is 0. The fraction of sp³-hybridized carbons (Fsp3) is 0.391. The number of rotatable bonds is 4. The van der Waals surface area contributed by atoms with E-state index < -0.39 is 0 Å². The van der Waals surface area contributed by atoms with Crippen molar-refractivity contribution in [3.63, 3.8) is 0 Å². The number of carbonyl (C=O) groups is 2. The molecule has 0 atom stereocenters. The number of anilines is 2. The number of carbonyl (C=O) groups excluding carboxylic acids is 2. The summed E-state index contributed by atoms with van der Waals surface area (Å²) in [6.45, 7) is 2.90. The number of nitrogens with zero attached hydrogens (tertiary/aromatic N) is 2. The van der Waals surface area contributed by atoms with Gasteiger partial charge in [0.15, 0.2) is 0 Å². The SMILES string of the molecule is COC(=O)Cc1cccc(N2CCOc3cc(C(=O)N4CCCCC4)ccc32)c1. The van der Waals surface area contributed by atoms with Crippen LogP contribution < -0.4 is 9.64 Å². The molecule has 29 heavy (non-hydrogen) atoms. The Morgan fingerprint density at radius 3 is 2.66 bits per heavy atom. The minimum absolute atomic E-state index is 0.0771. The lowest BCUT2D eigenvalue weighted by molar-refractivity contribution is -0.139. The first kappa shape index (κ1) is 19.3. The first-order valence-corrected chi connectivity index (χ1v) is 10.1. The third-order valence-electron chi connectivity index (χ3n) is 5.51. The monoisotopic (exact) mass is 394 g/mol. The summed E-state index contributed by atoms with van der Waals surface area (Å²) >= 11 is 0. The Labute approximate surface area is 171 Å². The molecule has 4 rings (SSSR count). The highest BCUT2D eigenvalue weighted by molar-refractivity contribution is 5.95. The molecule has 0 unspecified atom stereocenters. The molecule has 1 amide bonds. The van der Waals surface area contributed by atoms with E-state index in [1.54, 1.807) is 0 Å². The van der Waals surface area contributed by atoms with Crippen molar-refractivity contribution in [2.45, 2.75) is 25.7 Å². The van der Waals surface area contributed by atoms with Crippen molar-refractivity contribution >= 4 is 23.3 Å². The maximum Gasteiger partial charge on any atom is 0.309 e. The lowest BCUT2D eigenvalue weighted by atomic mass is 10.1. The van der Waals surface area contributed by atoms with Gasteiger partial charge in [0.2, 0.25) is 0 Å². The van der Waals surface area contributed by atoms with Gasteiger partial charge in [-0.3, -0.25) is 9.59 Å². The van der Waals surface area contributed by atoms with E-state index in [1.807, 2.05) is 47.4 Å². The molecule has 0 saturated carbocycles. The predicted molar refractivity (Wildman–Crippen MR) is 111 cm³/mol. The second-order valence-corrected chi connectivity index (χ2v) is 7.46. The van der Waals surface area contributed by atoms with Crippen molar-refractivity contribution in [3.8, 4) is 5.75 Å². The maximum atomic E-state index is 12.8.